The first-order chi connectivity index (χ1) is 7.99. The average Bonchev–Trinajstić information content (AvgIpc) is 2.26. The number of benzene rings is 1. The predicted molar refractivity (Wildman–Crippen MR) is 56.7 cm³/mol. The lowest BCUT2D eigenvalue weighted by molar-refractivity contribution is -0.384. The molecule has 2 N–H and O–H groups in total. The number of nitro groups is 1. The largest absolute Gasteiger partial charge is 0.460 e. The highest BCUT2D eigenvalue weighted by Crippen LogP contribution is 2.12. The van der Waals surface area contributed by atoms with Crippen LogP contribution in [0.2, 0.25) is 0 Å². The Hall–Kier alpha value is -2.44. The monoisotopic (exact) mass is 238 g/mol. The first kappa shape index (κ1) is 12.6. The Balaban J connectivity index is 2.50. The fourth-order valence-corrected chi connectivity index (χ4v) is 1.07. The van der Waals surface area contributed by atoms with E-state index in [0.717, 1.165) is 0 Å². The molecule has 1 aromatic carbocycles. The number of carbonyl (C=O) groups is 2. The number of non-ortho nitro benzene ring substituents is 1. The van der Waals surface area contributed by atoms with E-state index in [2.05, 4.69) is 0 Å². The van der Waals surface area contributed by atoms with Crippen LogP contribution in [0.1, 0.15) is 12.0 Å². The van der Waals surface area contributed by atoms with E-state index in [0.29, 0.717) is 5.56 Å². The van der Waals surface area contributed by atoms with E-state index >= 15 is 0 Å². The molecular formula is C10H10N2O5. The number of hydrogen-bond donors (Lipinski definition) is 1. The molecule has 0 bridgehead atoms. The van der Waals surface area contributed by atoms with Crippen LogP contribution >= 0.6 is 0 Å². The van der Waals surface area contributed by atoms with Gasteiger partial charge in [-0.2, -0.15) is 0 Å². The van der Waals surface area contributed by atoms with Crippen molar-refractivity contribution >= 4 is 17.6 Å². The molecule has 1 aromatic rings. The molecule has 90 valence electrons. The van der Waals surface area contributed by atoms with E-state index in [1.54, 1.807) is 0 Å². The molecule has 0 saturated heterocycles. The molecule has 7 heteroatoms. The number of nitro benzene ring substituents is 1. The highest BCUT2D eigenvalue weighted by atomic mass is 16.6. The van der Waals surface area contributed by atoms with E-state index in [1.165, 1.54) is 24.3 Å². The molecule has 0 fully saturated rings. The third kappa shape index (κ3) is 4.29. The topological polar surface area (TPSA) is 113 Å². The molecule has 1 amide bonds. The maximum absolute atomic E-state index is 11.0. The van der Waals surface area contributed by atoms with Crippen molar-refractivity contribution in [3.8, 4) is 0 Å². The Morgan fingerprint density at radius 2 is 1.88 bits per heavy atom. The van der Waals surface area contributed by atoms with Gasteiger partial charge in [-0.3, -0.25) is 19.7 Å². The predicted octanol–water partition coefficient (Wildman–Crippen LogP) is 0.513. The molecule has 0 heterocycles. The summed E-state index contributed by atoms with van der Waals surface area (Å²) < 4.78 is 4.73. The lowest BCUT2D eigenvalue weighted by atomic mass is 10.2. The highest BCUT2D eigenvalue weighted by molar-refractivity contribution is 5.93. The Kier molecular flexibility index (Phi) is 4.15. The van der Waals surface area contributed by atoms with Crippen LogP contribution in [0.3, 0.4) is 0 Å². The minimum absolute atomic E-state index is 0.0442. The van der Waals surface area contributed by atoms with Crippen LogP contribution < -0.4 is 5.73 Å². The van der Waals surface area contributed by atoms with Crippen LogP contribution in [-0.4, -0.2) is 16.8 Å². The zero-order valence-electron chi connectivity index (χ0n) is 8.79. The van der Waals surface area contributed by atoms with Crippen molar-refractivity contribution in [1.82, 2.24) is 0 Å². The van der Waals surface area contributed by atoms with Gasteiger partial charge in [-0.1, -0.05) is 0 Å². The number of nitrogens with two attached hydrogens (primary N) is 1. The zero-order valence-corrected chi connectivity index (χ0v) is 8.79. The Labute approximate surface area is 96.3 Å². The molecule has 0 aliphatic carbocycles. The molecule has 0 aliphatic heterocycles. The molecule has 0 saturated carbocycles. The number of nitrogens with zero attached hydrogens (tertiary/aromatic N) is 1. The van der Waals surface area contributed by atoms with Gasteiger partial charge in [0.25, 0.3) is 5.69 Å². The lowest BCUT2D eigenvalue weighted by Gasteiger charge is -2.03. The van der Waals surface area contributed by atoms with Crippen molar-refractivity contribution in [2.45, 2.75) is 13.0 Å². The molecule has 1 rings (SSSR count). The van der Waals surface area contributed by atoms with Gasteiger partial charge < -0.3 is 10.5 Å². The summed E-state index contributed by atoms with van der Waals surface area (Å²) in [6.45, 7) is -0.0515. The standard InChI is InChI=1S/C10H10N2O5/c11-9(13)5-10(14)17-6-7-1-3-8(4-2-7)12(15)16/h1-4H,5-6H2,(H2,11,13). The van der Waals surface area contributed by atoms with Gasteiger partial charge in [-0.15, -0.1) is 0 Å². The van der Waals surface area contributed by atoms with E-state index in [9.17, 15) is 19.7 Å². The Morgan fingerprint density at radius 1 is 1.29 bits per heavy atom. The second-order valence-corrected chi connectivity index (χ2v) is 3.23. The van der Waals surface area contributed by atoms with Gasteiger partial charge in [0.15, 0.2) is 0 Å². The summed E-state index contributed by atoms with van der Waals surface area (Å²) in [5, 5.41) is 10.4. The van der Waals surface area contributed by atoms with Gasteiger partial charge in [0, 0.05) is 12.1 Å². The normalized spacial score (nSPS) is 9.65. The van der Waals surface area contributed by atoms with E-state index < -0.39 is 23.2 Å². The number of amides is 1. The molecule has 0 unspecified atom stereocenters. The summed E-state index contributed by atoms with van der Waals surface area (Å²) >= 11 is 0. The third-order valence-electron chi connectivity index (χ3n) is 1.87. The average molecular weight is 238 g/mol. The first-order valence-corrected chi connectivity index (χ1v) is 4.66. The van der Waals surface area contributed by atoms with Gasteiger partial charge in [0.2, 0.25) is 5.91 Å². The molecular weight excluding hydrogens is 228 g/mol. The number of esters is 1. The molecule has 0 aromatic heterocycles. The van der Waals surface area contributed by atoms with Crippen molar-refractivity contribution < 1.29 is 19.2 Å². The summed E-state index contributed by atoms with van der Waals surface area (Å²) in [7, 11) is 0. The lowest BCUT2D eigenvalue weighted by Crippen LogP contribution is -2.17. The van der Waals surface area contributed by atoms with Crippen LogP contribution in [0.5, 0.6) is 0 Å². The maximum atomic E-state index is 11.0. The summed E-state index contributed by atoms with van der Waals surface area (Å²) in [4.78, 5) is 31.2. The zero-order chi connectivity index (χ0) is 12.8. The minimum atomic E-state index is -0.765. The molecule has 7 nitrogen and oxygen atoms in total. The summed E-state index contributed by atoms with van der Waals surface area (Å²) in [6, 6.07) is 5.54. The second kappa shape index (κ2) is 5.59. The van der Waals surface area contributed by atoms with Gasteiger partial charge in [0.1, 0.15) is 13.0 Å². The Bertz CT molecular complexity index is 441. The minimum Gasteiger partial charge on any atom is -0.460 e. The SMILES string of the molecule is NC(=O)CC(=O)OCc1ccc([N+](=O)[O-])cc1. The molecule has 17 heavy (non-hydrogen) atoms. The molecule has 0 atom stereocenters. The number of ether oxygens (including phenoxy) is 1. The van der Waals surface area contributed by atoms with Crippen LogP contribution in [0.15, 0.2) is 24.3 Å². The van der Waals surface area contributed by atoms with Crippen molar-refractivity contribution in [3.63, 3.8) is 0 Å². The van der Waals surface area contributed by atoms with Crippen molar-refractivity contribution in [3.05, 3.63) is 39.9 Å². The summed E-state index contributed by atoms with van der Waals surface area (Å²) in [5.41, 5.74) is 5.35. The molecule has 0 radical (unpaired) electrons. The van der Waals surface area contributed by atoms with E-state index in [-0.39, 0.29) is 12.3 Å². The molecule has 0 spiro atoms. The van der Waals surface area contributed by atoms with E-state index in [4.69, 9.17) is 10.5 Å². The number of primary amides is 1. The third-order valence-corrected chi connectivity index (χ3v) is 1.87. The number of carbonyl (C=O) groups excluding carboxylic acids is 2. The van der Waals surface area contributed by atoms with Crippen LogP contribution in [0.25, 0.3) is 0 Å². The van der Waals surface area contributed by atoms with Gasteiger partial charge in [-0.25, -0.2) is 0 Å². The highest BCUT2D eigenvalue weighted by Gasteiger charge is 2.08. The Morgan fingerprint density at radius 3 is 2.35 bits per heavy atom. The smallest absolute Gasteiger partial charge is 0.315 e. The first-order valence-electron chi connectivity index (χ1n) is 4.66. The fourth-order valence-electron chi connectivity index (χ4n) is 1.07. The summed E-state index contributed by atoms with van der Waals surface area (Å²) in [5.74, 6) is -1.49. The van der Waals surface area contributed by atoms with Crippen molar-refractivity contribution in [2.24, 2.45) is 5.73 Å². The van der Waals surface area contributed by atoms with E-state index in [1.807, 2.05) is 0 Å². The van der Waals surface area contributed by atoms with Crippen molar-refractivity contribution in [2.75, 3.05) is 0 Å². The summed E-state index contributed by atoms with van der Waals surface area (Å²) in [6.07, 6.45) is -0.479. The number of hydrogen-bond acceptors (Lipinski definition) is 5. The van der Waals surface area contributed by atoms with Crippen LogP contribution in [0, 0.1) is 10.1 Å². The van der Waals surface area contributed by atoms with Crippen molar-refractivity contribution in [1.29, 1.82) is 0 Å². The second-order valence-electron chi connectivity index (χ2n) is 3.23. The van der Waals surface area contributed by atoms with Crippen LogP contribution in [-0.2, 0) is 20.9 Å². The van der Waals surface area contributed by atoms with Gasteiger partial charge in [0.05, 0.1) is 4.92 Å². The quantitative estimate of drug-likeness (QED) is 0.347. The van der Waals surface area contributed by atoms with Crippen LogP contribution in [0.4, 0.5) is 5.69 Å². The molecule has 0 aliphatic rings. The maximum Gasteiger partial charge on any atom is 0.315 e. The van der Waals surface area contributed by atoms with Gasteiger partial charge >= 0.3 is 5.97 Å². The van der Waals surface area contributed by atoms with Gasteiger partial charge in [-0.05, 0) is 17.7 Å². The number of rotatable bonds is 5. The fraction of sp³-hybridized carbons (Fsp3) is 0.200.